The number of amides is 1. The molecule has 0 saturated carbocycles. The molecule has 0 aromatic heterocycles. The molecule has 0 radical (unpaired) electrons. The fourth-order valence-corrected chi connectivity index (χ4v) is 2.50. The summed E-state index contributed by atoms with van der Waals surface area (Å²) in [6, 6.07) is 2.13. The first-order valence-corrected chi connectivity index (χ1v) is 6.72. The van der Waals surface area contributed by atoms with Gasteiger partial charge in [0.2, 0.25) is 0 Å². The maximum atomic E-state index is 13.7. The SMILES string of the molecule is CN1CCCCC1CNc1cc(C(N)=O)c(F)cc1F. The van der Waals surface area contributed by atoms with E-state index in [1.165, 1.54) is 6.42 Å². The highest BCUT2D eigenvalue weighted by Crippen LogP contribution is 2.21. The molecule has 0 aliphatic carbocycles. The third-order valence-corrected chi connectivity index (χ3v) is 3.77. The van der Waals surface area contributed by atoms with E-state index in [0.29, 0.717) is 18.7 Å². The molecule has 110 valence electrons. The van der Waals surface area contributed by atoms with Crippen molar-refractivity contribution in [2.45, 2.75) is 25.3 Å². The van der Waals surface area contributed by atoms with Crippen molar-refractivity contribution in [3.63, 3.8) is 0 Å². The zero-order chi connectivity index (χ0) is 14.7. The number of rotatable bonds is 4. The van der Waals surface area contributed by atoms with Crippen LogP contribution in [0.25, 0.3) is 0 Å². The Morgan fingerprint density at radius 1 is 1.40 bits per heavy atom. The van der Waals surface area contributed by atoms with Gasteiger partial charge in [-0.2, -0.15) is 0 Å². The van der Waals surface area contributed by atoms with Crippen molar-refractivity contribution in [2.75, 3.05) is 25.5 Å². The summed E-state index contributed by atoms with van der Waals surface area (Å²) in [6.07, 6.45) is 3.36. The molecule has 1 aliphatic heterocycles. The molecule has 1 saturated heterocycles. The van der Waals surface area contributed by atoms with E-state index in [2.05, 4.69) is 10.2 Å². The normalized spacial score (nSPS) is 19.9. The largest absolute Gasteiger partial charge is 0.381 e. The Bertz CT molecular complexity index is 507. The van der Waals surface area contributed by atoms with Crippen LogP contribution in [0.4, 0.5) is 14.5 Å². The van der Waals surface area contributed by atoms with Crippen LogP contribution in [0.1, 0.15) is 29.6 Å². The lowest BCUT2D eigenvalue weighted by Gasteiger charge is -2.32. The quantitative estimate of drug-likeness (QED) is 0.888. The zero-order valence-electron chi connectivity index (χ0n) is 11.5. The number of nitrogens with zero attached hydrogens (tertiary/aromatic N) is 1. The second-order valence-corrected chi connectivity index (χ2v) is 5.19. The fraction of sp³-hybridized carbons (Fsp3) is 0.500. The molecule has 20 heavy (non-hydrogen) atoms. The molecule has 6 heteroatoms. The molecule has 1 atom stereocenters. The lowest BCUT2D eigenvalue weighted by atomic mass is 10.0. The first-order chi connectivity index (χ1) is 9.49. The number of benzene rings is 1. The van der Waals surface area contributed by atoms with E-state index < -0.39 is 17.5 Å². The van der Waals surface area contributed by atoms with E-state index in [0.717, 1.165) is 25.5 Å². The van der Waals surface area contributed by atoms with E-state index in [4.69, 9.17) is 5.73 Å². The Morgan fingerprint density at radius 2 is 2.15 bits per heavy atom. The van der Waals surface area contributed by atoms with Gasteiger partial charge in [0.15, 0.2) is 0 Å². The van der Waals surface area contributed by atoms with Crippen molar-refractivity contribution < 1.29 is 13.6 Å². The van der Waals surface area contributed by atoms with Crippen molar-refractivity contribution in [1.29, 1.82) is 0 Å². The average Bonchev–Trinajstić information content (AvgIpc) is 2.39. The fourth-order valence-electron chi connectivity index (χ4n) is 2.50. The Morgan fingerprint density at radius 3 is 2.80 bits per heavy atom. The minimum absolute atomic E-state index is 0.110. The molecule has 1 aromatic rings. The smallest absolute Gasteiger partial charge is 0.251 e. The van der Waals surface area contributed by atoms with Gasteiger partial charge in [0.05, 0.1) is 11.3 Å². The van der Waals surface area contributed by atoms with Crippen molar-refractivity contribution in [3.8, 4) is 0 Å². The van der Waals surface area contributed by atoms with Gasteiger partial charge < -0.3 is 16.0 Å². The van der Waals surface area contributed by atoms with Gasteiger partial charge in [0, 0.05) is 18.7 Å². The molecule has 1 unspecified atom stereocenters. The Hall–Kier alpha value is -1.69. The van der Waals surface area contributed by atoms with Crippen LogP contribution in [0, 0.1) is 11.6 Å². The molecule has 1 aliphatic rings. The van der Waals surface area contributed by atoms with Gasteiger partial charge in [-0.25, -0.2) is 8.78 Å². The molecule has 0 bridgehead atoms. The van der Waals surface area contributed by atoms with Crippen molar-refractivity contribution in [2.24, 2.45) is 5.73 Å². The summed E-state index contributed by atoms with van der Waals surface area (Å²) >= 11 is 0. The third-order valence-electron chi connectivity index (χ3n) is 3.77. The van der Waals surface area contributed by atoms with E-state index in [-0.39, 0.29) is 11.3 Å². The summed E-state index contributed by atoms with van der Waals surface area (Å²) in [5.41, 5.74) is 4.87. The molecule has 1 fully saturated rings. The maximum absolute atomic E-state index is 13.7. The molecular weight excluding hydrogens is 264 g/mol. The van der Waals surface area contributed by atoms with Gasteiger partial charge in [0.25, 0.3) is 5.91 Å². The average molecular weight is 283 g/mol. The van der Waals surface area contributed by atoms with Crippen LogP contribution in [0.5, 0.6) is 0 Å². The van der Waals surface area contributed by atoms with Gasteiger partial charge in [-0.05, 0) is 32.5 Å². The summed E-state index contributed by atoms with van der Waals surface area (Å²) in [5, 5.41) is 2.94. The van der Waals surface area contributed by atoms with Gasteiger partial charge in [-0.1, -0.05) is 6.42 Å². The first-order valence-electron chi connectivity index (χ1n) is 6.72. The zero-order valence-corrected chi connectivity index (χ0v) is 11.5. The highest BCUT2D eigenvalue weighted by molar-refractivity contribution is 5.94. The highest BCUT2D eigenvalue weighted by atomic mass is 19.1. The standard InChI is InChI=1S/C14H19F2N3O/c1-19-5-3-2-4-9(19)8-18-13-6-10(14(17)20)11(15)7-12(13)16/h6-7,9,18H,2-5,8H2,1H3,(H2,17,20). The van der Waals surface area contributed by atoms with E-state index >= 15 is 0 Å². The van der Waals surface area contributed by atoms with Gasteiger partial charge >= 0.3 is 0 Å². The predicted molar refractivity (Wildman–Crippen MR) is 73.6 cm³/mol. The molecule has 3 N–H and O–H groups in total. The van der Waals surface area contributed by atoms with Crippen LogP contribution >= 0.6 is 0 Å². The number of carbonyl (C=O) groups is 1. The number of likely N-dealkylation sites (tertiary alicyclic amines) is 1. The molecule has 1 amide bonds. The Balaban J connectivity index is 2.09. The van der Waals surface area contributed by atoms with E-state index in [9.17, 15) is 13.6 Å². The van der Waals surface area contributed by atoms with Crippen LogP contribution in [0.3, 0.4) is 0 Å². The summed E-state index contributed by atoms with van der Waals surface area (Å²) in [5.74, 6) is -2.55. The second-order valence-electron chi connectivity index (χ2n) is 5.19. The molecular formula is C14H19F2N3O. The summed E-state index contributed by atoms with van der Waals surface area (Å²) in [6.45, 7) is 1.57. The summed E-state index contributed by atoms with van der Waals surface area (Å²) in [7, 11) is 2.03. The number of piperidine rings is 1. The monoisotopic (exact) mass is 283 g/mol. The number of hydrogen-bond donors (Lipinski definition) is 2. The number of hydrogen-bond acceptors (Lipinski definition) is 3. The Labute approximate surface area is 116 Å². The molecule has 0 spiro atoms. The lowest BCUT2D eigenvalue weighted by molar-refractivity contribution is 0.0996. The maximum Gasteiger partial charge on any atom is 0.251 e. The number of carbonyl (C=O) groups excluding carboxylic acids is 1. The second kappa shape index (κ2) is 6.17. The molecule has 1 aromatic carbocycles. The minimum Gasteiger partial charge on any atom is -0.381 e. The third kappa shape index (κ3) is 3.25. The molecule has 4 nitrogen and oxygen atoms in total. The van der Waals surface area contributed by atoms with E-state index in [1.54, 1.807) is 0 Å². The van der Waals surface area contributed by atoms with E-state index in [1.807, 2.05) is 7.05 Å². The minimum atomic E-state index is -0.935. The Kier molecular flexibility index (Phi) is 4.54. The van der Waals surface area contributed by atoms with Crippen LogP contribution in [0.2, 0.25) is 0 Å². The van der Waals surface area contributed by atoms with Crippen LogP contribution in [-0.4, -0.2) is 37.0 Å². The van der Waals surface area contributed by atoms with Crippen molar-refractivity contribution >= 4 is 11.6 Å². The van der Waals surface area contributed by atoms with Crippen molar-refractivity contribution in [1.82, 2.24) is 4.90 Å². The van der Waals surface area contributed by atoms with Gasteiger partial charge in [0.1, 0.15) is 11.6 Å². The summed E-state index contributed by atoms with van der Waals surface area (Å²) in [4.78, 5) is 13.3. The topological polar surface area (TPSA) is 58.4 Å². The van der Waals surface area contributed by atoms with Crippen LogP contribution in [-0.2, 0) is 0 Å². The van der Waals surface area contributed by atoms with Gasteiger partial charge in [-0.3, -0.25) is 4.79 Å². The predicted octanol–water partition coefficient (Wildman–Crippen LogP) is 1.96. The van der Waals surface area contributed by atoms with Crippen molar-refractivity contribution in [3.05, 3.63) is 29.3 Å². The van der Waals surface area contributed by atoms with Crippen LogP contribution in [0.15, 0.2) is 12.1 Å². The summed E-state index contributed by atoms with van der Waals surface area (Å²) < 4.78 is 27.0. The highest BCUT2D eigenvalue weighted by Gasteiger charge is 2.20. The van der Waals surface area contributed by atoms with Gasteiger partial charge in [-0.15, -0.1) is 0 Å². The number of anilines is 1. The first kappa shape index (κ1) is 14.7. The lowest BCUT2D eigenvalue weighted by Crippen LogP contribution is -2.40. The number of halogens is 2. The van der Waals surface area contributed by atoms with Crippen LogP contribution < -0.4 is 11.1 Å². The number of likely N-dealkylation sites (N-methyl/N-ethyl adjacent to an activating group) is 1. The number of primary amides is 1. The molecule has 1 heterocycles. The molecule has 2 rings (SSSR count). The number of nitrogens with two attached hydrogens (primary N) is 1. The number of nitrogens with one attached hydrogen (secondary N) is 1.